The lowest BCUT2D eigenvalue weighted by molar-refractivity contribution is -0.142. The van der Waals surface area contributed by atoms with E-state index in [2.05, 4.69) is 10.2 Å². The number of benzene rings is 2. The van der Waals surface area contributed by atoms with Gasteiger partial charge in [0.1, 0.15) is 5.52 Å². The Hall–Kier alpha value is -3.87. The summed E-state index contributed by atoms with van der Waals surface area (Å²) in [4.78, 5) is 11.3. The number of rotatable bonds is 6. The molecule has 0 unspecified atom stereocenters. The van der Waals surface area contributed by atoms with Crippen molar-refractivity contribution in [2.24, 2.45) is 0 Å². The largest absolute Gasteiger partial charge is 0.479 e. The minimum atomic E-state index is -2.36. The number of aliphatic carboxylic acids is 1. The van der Waals surface area contributed by atoms with Crippen molar-refractivity contribution in [3.8, 4) is 11.8 Å². The summed E-state index contributed by atoms with van der Waals surface area (Å²) >= 11 is 0. The molecule has 0 spiro atoms. The standard InChI is InChI=1S/C23H18F4N4O2/c1-23(2,5-6-28)21-13(9-16(26)22(32)33)18-17(7-11-10-29-30-20(11)19(18)27)31(21)12-3-4-14(24)15(25)8-12/h3-4,7-8,10,16H,5,9H2,1-2H3,(H,29,30)(H,32,33)/t16-/m1/s1. The molecule has 2 N–H and O–H groups in total. The molecule has 1 atom stereocenters. The molecule has 0 aliphatic heterocycles. The van der Waals surface area contributed by atoms with Gasteiger partial charge in [0, 0.05) is 46.5 Å². The van der Waals surface area contributed by atoms with E-state index in [9.17, 15) is 28.3 Å². The molecular formula is C23H18F4N4O2. The molecule has 4 aromatic rings. The fourth-order valence-corrected chi connectivity index (χ4v) is 4.22. The number of halogens is 4. The molecule has 2 aromatic heterocycles. The summed E-state index contributed by atoms with van der Waals surface area (Å²) in [6.07, 6.45) is -1.77. The van der Waals surface area contributed by atoms with Gasteiger partial charge in [0.2, 0.25) is 6.17 Å². The lowest BCUT2D eigenvalue weighted by Crippen LogP contribution is -2.25. The van der Waals surface area contributed by atoms with E-state index in [4.69, 9.17) is 0 Å². The molecule has 33 heavy (non-hydrogen) atoms. The van der Waals surface area contributed by atoms with E-state index in [0.29, 0.717) is 5.39 Å². The van der Waals surface area contributed by atoms with E-state index in [1.165, 1.54) is 16.8 Å². The number of carboxylic acid groups (broad SMARTS) is 1. The molecule has 0 fully saturated rings. The van der Waals surface area contributed by atoms with Gasteiger partial charge >= 0.3 is 5.97 Å². The van der Waals surface area contributed by atoms with Crippen molar-refractivity contribution < 1.29 is 27.5 Å². The second kappa shape index (κ2) is 7.92. The van der Waals surface area contributed by atoms with Crippen LogP contribution in [0.3, 0.4) is 0 Å². The van der Waals surface area contributed by atoms with Crippen LogP contribution in [0.2, 0.25) is 0 Å². The van der Waals surface area contributed by atoms with Crippen molar-refractivity contribution in [3.05, 3.63) is 59.2 Å². The summed E-state index contributed by atoms with van der Waals surface area (Å²) < 4.78 is 59.4. The van der Waals surface area contributed by atoms with Crippen molar-refractivity contribution in [2.75, 3.05) is 0 Å². The van der Waals surface area contributed by atoms with Crippen LogP contribution in [-0.2, 0) is 16.6 Å². The first-order valence-electron chi connectivity index (χ1n) is 9.95. The van der Waals surface area contributed by atoms with Crippen molar-refractivity contribution in [3.63, 3.8) is 0 Å². The van der Waals surface area contributed by atoms with Gasteiger partial charge in [-0.25, -0.2) is 22.4 Å². The van der Waals surface area contributed by atoms with Crippen molar-refractivity contribution in [1.29, 1.82) is 5.26 Å². The van der Waals surface area contributed by atoms with E-state index >= 15 is 4.39 Å². The van der Waals surface area contributed by atoms with Crippen molar-refractivity contribution in [1.82, 2.24) is 14.8 Å². The molecule has 2 aromatic carbocycles. The third kappa shape index (κ3) is 3.59. The second-order valence-corrected chi connectivity index (χ2v) is 8.41. The Morgan fingerprint density at radius 1 is 1.27 bits per heavy atom. The van der Waals surface area contributed by atoms with Crippen LogP contribution in [0.1, 0.15) is 31.5 Å². The Balaban J connectivity index is 2.21. The first-order valence-corrected chi connectivity index (χ1v) is 9.95. The summed E-state index contributed by atoms with van der Waals surface area (Å²) in [5.41, 5.74) is -0.459. The lowest BCUT2D eigenvalue weighted by atomic mass is 9.82. The van der Waals surface area contributed by atoms with Crippen LogP contribution in [0.4, 0.5) is 17.6 Å². The fraction of sp³-hybridized carbons (Fsp3) is 0.261. The number of alkyl halides is 1. The third-order valence-corrected chi connectivity index (χ3v) is 5.68. The van der Waals surface area contributed by atoms with Gasteiger partial charge in [-0.15, -0.1) is 0 Å². The highest BCUT2D eigenvalue weighted by Crippen LogP contribution is 2.42. The minimum Gasteiger partial charge on any atom is -0.479 e. The molecule has 10 heteroatoms. The lowest BCUT2D eigenvalue weighted by Gasteiger charge is -2.26. The number of fused-ring (bicyclic) bond motifs is 2. The topological polar surface area (TPSA) is 94.7 Å². The van der Waals surface area contributed by atoms with Crippen LogP contribution >= 0.6 is 0 Å². The first-order chi connectivity index (χ1) is 15.6. The number of aromatic amines is 1. The number of hydrogen-bond donors (Lipinski definition) is 2. The Bertz CT molecular complexity index is 1450. The summed E-state index contributed by atoms with van der Waals surface area (Å²) in [5.74, 6) is -4.76. The van der Waals surface area contributed by atoms with Crippen molar-refractivity contribution in [2.45, 2.75) is 38.3 Å². The summed E-state index contributed by atoms with van der Waals surface area (Å²) in [5, 5.41) is 25.2. The number of nitrogens with one attached hydrogen (secondary N) is 1. The summed E-state index contributed by atoms with van der Waals surface area (Å²) in [7, 11) is 0. The van der Waals surface area contributed by atoms with Gasteiger partial charge < -0.3 is 9.67 Å². The Morgan fingerprint density at radius 2 is 2.00 bits per heavy atom. The molecule has 0 radical (unpaired) electrons. The van der Waals surface area contributed by atoms with Gasteiger partial charge in [-0.2, -0.15) is 10.4 Å². The third-order valence-electron chi connectivity index (χ3n) is 5.68. The van der Waals surface area contributed by atoms with Gasteiger partial charge in [-0.05, 0) is 23.8 Å². The van der Waals surface area contributed by atoms with Gasteiger partial charge in [-0.1, -0.05) is 13.8 Å². The average Bonchev–Trinajstić information content (AvgIpc) is 3.33. The Morgan fingerprint density at radius 3 is 2.64 bits per heavy atom. The molecule has 6 nitrogen and oxygen atoms in total. The van der Waals surface area contributed by atoms with Crippen LogP contribution in [0, 0.1) is 28.8 Å². The predicted octanol–water partition coefficient (Wildman–Crippen LogP) is 5.08. The smallest absolute Gasteiger partial charge is 0.338 e. The number of aromatic nitrogens is 3. The molecule has 2 heterocycles. The van der Waals surface area contributed by atoms with Gasteiger partial charge in [0.15, 0.2) is 17.5 Å². The minimum absolute atomic E-state index is 0.0267. The van der Waals surface area contributed by atoms with Crippen LogP contribution < -0.4 is 0 Å². The highest BCUT2D eigenvalue weighted by atomic mass is 19.2. The molecule has 0 bridgehead atoms. The average molecular weight is 458 g/mol. The number of nitrogens with zero attached hydrogens (tertiary/aromatic N) is 3. The molecule has 0 amide bonds. The van der Waals surface area contributed by atoms with E-state index < -0.39 is 41.4 Å². The zero-order chi connectivity index (χ0) is 24.1. The Labute approximate surface area is 185 Å². The number of H-pyrrole nitrogens is 1. The highest BCUT2D eigenvalue weighted by Gasteiger charge is 2.35. The number of nitriles is 1. The number of carbonyl (C=O) groups is 1. The molecule has 170 valence electrons. The van der Waals surface area contributed by atoms with Crippen LogP contribution in [-0.4, -0.2) is 32.0 Å². The van der Waals surface area contributed by atoms with Crippen LogP contribution in [0.5, 0.6) is 0 Å². The normalized spacial score (nSPS) is 12.9. The predicted molar refractivity (Wildman–Crippen MR) is 112 cm³/mol. The van der Waals surface area contributed by atoms with Crippen LogP contribution in [0.25, 0.3) is 27.5 Å². The summed E-state index contributed by atoms with van der Waals surface area (Å²) in [6, 6.07) is 6.66. The van der Waals surface area contributed by atoms with E-state index in [1.807, 2.05) is 6.07 Å². The zero-order valence-corrected chi connectivity index (χ0v) is 17.6. The first kappa shape index (κ1) is 22.3. The van der Waals surface area contributed by atoms with Crippen molar-refractivity contribution >= 4 is 27.8 Å². The van der Waals surface area contributed by atoms with Gasteiger partial charge in [0.05, 0.1) is 17.8 Å². The molecular weight excluding hydrogens is 440 g/mol. The second-order valence-electron chi connectivity index (χ2n) is 8.41. The highest BCUT2D eigenvalue weighted by molar-refractivity contribution is 6.00. The summed E-state index contributed by atoms with van der Waals surface area (Å²) in [6.45, 7) is 3.31. The Kier molecular flexibility index (Phi) is 5.36. The quantitative estimate of drug-likeness (QED) is 0.394. The SMILES string of the molecule is CC(C)(CC#N)c1c(C[C@@H](F)C(=O)O)c2c(F)c3[nH]ncc3cc2n1-c1ccc(F)c(F)c1. The maximum absolute atomic E-state index is 15.7. The molecule has 0 saturated carbocycles. The van der Waals surface area contributed by atoms with Crippen LogP contribution in [0.15, 0.2) is 30.5 Å². The monoisotopic (exact) mass is 458 g/mol. The molecule has 4 rings (SSSR count). The van der Waals surface area contributed by atoms with Gasteiger partial charge in [-0.3, -0.25) is 5.10 Å². The van der Waals surface area contributed by atoms with E-state index in [1.54, 1.807) is 19.9 Å². The fourth-order valence-electron chi connectivity index (χ4n) is 4.22. The molecule has 0 saturated heterocycles. The maximum Gasteiger partial charge on any atom is 0.338 e. The number of carboxylic acids is 1. The molecule has 0 aliphatic rings. The molecule has 0 aliphatic carbocycles. The number of hydrogen-bond acceptors (Lipinski definition) is 3. The van der Waals surface area contributed by atoms with Gasteiger partial charge in [0.25, 0.3) is 0 Å². The maximum atomic E-state index is 15.7. The van der Waals surface area contributed by atoms with E-state index in [-0.39, 0.29) is 39.8 Å². The zero-order valence-electron chi connectivity index (χ0n) is 17.6. The van der Waals surface area contributed by atoms with E-state index in [0.717, 1.165) is 12.1 Å².